The highest BCUT2D eigenvalue weighted by Gasteiger charge is 2.47. The number of aromatic nitrogens is 2. The van der Waals surface area contributed by atoms with Crippen LogP contribution >= 0.6 is 0 Å². The molecule has 2 fully saturated rings. The lowest BCUT2D eigenvalue weighted by atomic mass is 9.91. The van der Waals surface area contributed by atoms with Crippen LogP contribution in [-0.4, -0.2) is 57.1 Å². The maximum Gasteiger partial charge on any atom is 0.415 e. The third kappa shape index (κ3) is 5.49. The summed E-state index contributed by atoms with van der Waals surface area (Å²) in [6.45, 7) is 6.13. The predicted molar refractivity (Wildman–Crippen MR) is 136 cm³/mol. The first-order chi connectivity index (χ1) is 18.5. The number of ether oxygens (including phenoxy) is 1. The molecule has 2 aromatic carbocycles. The number of aromatic carboxylic acids is 1. The Balaban J connectivity index is 1.27. The molecule has 0 atom stereocenters. The van der Waals surface area contributed by atoms with Crippen molar-refractivity contribution in [1.29, 1.82) is 0 Å². The number of carboxylic acids is 1. The second-order valence-electron chi connectivity index (χ2n) is 10.5. The van der Waals surface area contributed by atoms with Crippen molar-refractivity contribution >= 4 is 17.7 Å². The van der Waals surface area contributed by atoms with E-state index in [0.717, 1.165) is 11.6 Å². The number of carboxylic acid groups (broad SMARTS) is 1. The zero-order valence-electron chi connectivity index (χ0n) is 21.7. The second-order valence-corrected chi connectivity index (χ2v) is 10.5. The van der Waals surface area contributed by atoms with E-state index in [1.807, 2.05) is 20.0 Å². The Bertz CT molecular complexity index is 1400. The van der Waals surface area contributed by atoms with Gasteiger partial charge in [-0.1, -0.05) is 0 Å². The molecular weight excluding hydrogens is 513 g/mol. The monoisotopic (exact) mass is 542 g/mol. The molecule has 39 heavy (non-hydrogen) atoms. The lowest BCUT2D eigenvalue weighted by Crippen LogP contribution is -2.46. The molecule has 2 saturated heterocycles. The standard InChI is InChI=1S/C28H29F3N4O4/c1-17(2)35-15-20(25(32-35)12-19-11-23(30)24(31)13-22(19)29)14-33-9-7-28(8-10-33)16-34(27(38)39-28)21-5-3-18(4-6-21)26(36)37/h3-6,11,13,15,17H,7-10,12,14,16H2,1-2H3,(H,36,37). The number of likely N-dealkylation sites (tertiary alicyclic amines) is 1. The van der Waals surface area contributed by atoms with Crippen LogP contribution in [0.25, 0.3) is 0 Å². The largest absolute Gasteiger partial charge is 0.478 e. The normalized spacial score (nSPS) is 17.3. The third-order valence-electron chi connectivity index (χ3n) is 7.43. The zero-order chi connectivity index (χ0) is 27.9. The number of halogens is 3. The van der Waals surface area contributed by atoms with Crippen molar-refractivity contribution in [2.24, 2.45) is 0 Å². The maximum absolute atomic E-state index is 14.4. The first kappa shape index (κ1) is 26.7. The number of anilines is 1. The predicted octanol–water partition coefficient (Wildman–Crippen LogP) is 5.16. The van der Waals surface area contributed by atoms with E-state index in [2.05, 4.69) is 10.00 Å². The van der Waals surface area contributed by atoms with Crippen LogP contribution in [0.4, 0.5) is 23.7 Å². The quantitative estimate of drug-likeness (QED) is 0.415. The topological polar surface area (TPSA) is 87.9 Å². The van der Waals surface area contributed by atoms with Crippen LogP contribution in [0.15, 0.2) is 42.6 Å². The number of carbonyl (C=O) groups excluding carboxylic acids is 1. The van der Waals surface area contributed by atoms with Gasteiger partial charge in [0.05, 0.1) is 17.8 Å². The number of rotatable bonds is 7. The molecule has 2 aliphatic heterocycles. The maximum atomic E-state index is 14.4. The summed E-state index contributed by atoms with van der Waals surface area (Å²) in [5.41, 5.74) is 1.58. The number of hydrogen-bond donors (Lipinski definition) is 1. The molecule has 1 amide bonds. The molecule has 206 valence electrons. The number of carbonyl (C=O) groups is 2. The van der Waals surface area contributed by atoms with Gasteiger partial charge in [-0.2, -0.15) is 5.10 Å². The summed E-state index contributed by atoms with van der Waals surface area (Å²) in [6.07, 6.45) is 2.69. The Kier molecular flexibility index (Phi) is 7.11. The number of nitrogens with zero attached hydrogens (tertiary/aromatic N) is 4. The van der Waals surface area contributed by atoms with E-state index in [-0.39, 0.29) is 23.6 Å². The minimum atomic E-state index is -1.23. The van der Waals surface area contributed by atoms with Crippen molar-refractivity contribution in [3.8, 4) is 0 Å². The molecule has 5 rings (SSSR count). The second kappa shape index (κ2) is 10.4. The molecule has 0 unspecified atom stereocenters. The van der Waals surface area contributed by atoms with Crippen LogP contribution in [0.2, 0.25) is 0 Å². The summed E-state index contributed by atoms with van der Waals surface area (Å²) >= 11 is 0. The van der Waals surface area contributed by atoms with Gasteiger partial charge in [0.2, 0.25) is 0 Å². The summed E-state index contributed by atoms with van der Waals surface area (Å²) < 4.78 is 49.2. The Morgan fingerprint density at radius 1 is 1.05 bits per heavy atom. The van der Waals surface area contributed by atoms with Crippen LogP contribution in [0.5, 0.6) is 0 Å². The van der Waals surface area contributed by atoms with Gasteiger partial charge < -0.3 is 9.84 Å². The number of piperidine rings is 1. The van der Waals surface area contributed by atoms with E-state index in [1.165, 1.54) is 17.0 Å². The van der Waals surface area contributed by atoms with Crippen LogP contribution in [0.3, 0.4) is 0 Å². The van der Waals surface area contributed by atoms with E-state index in [0.29, 0.717) is 56.5 Å². The number of amides is 1. The Labute approximate surface area is 223 Å². The molecule has 1 N–H and O–H groups in total. The smallest absolute Gasteiger partial charge is 0.415 e. The molecule has 11 heteroatoms. The minimum absolute atomic E-state index is 0.0309. The van der Waals surface area contributed by atoms with Crippen LogP contribution in [-0.2, 0) is 17.7 Å². The van der Waals surface area contributed by atoms with E-state index in [9.17, 15) is 22.8 Å². The first-order valence-corrected chi connectivity index (χ1v) is 12.8. The average molecular weight is 543 g/mol. The number of benzene rings is 2. The van der Waals surface area contributed by atoms with Gasteiger partial charge in [0.1, 0.15) is 11.4 Å². The van der Waals surface area contributed by atoms with Gasteiger partial charge in [-0.05, 0) is 49.7 Å². The molecule has 0 aliphatic carbocycles. The molecular formula is C28H29F3N4O4. The molecule has 0 saturated carbocycles. The third-order valence-corrected chi connectivity index (χ3v) is 7.43. The van der Waals surface area contributed by atoms with Crippen LogP contribution in [0.1, 0.15) is 59.9 Å². The van der Waals surface area contributed by atoms with Crippen molar-refractivity contribution in [2.75, 3.05) is 24.5 Å². The van der Waals surface area contributed by atoms with Gasteiger partial charge in [0, 0.05) is 68.5 Å². The van der Waals surface area contributed by atoms with E-state index in [4.69, 9.17) is 9.84 Å². The molecule has 3 heterocycles. The van der Waals surface area contributed by atoms with Crippen molar-refractivity contribution < 1.29 is 32.6 Å². The van der Waals surface area contributed by atoms with E-state index < -0.39 is 35.1 Å². The lowest BCUT2D eigenvalue weighted by Gasteiger charge is -2.37. The summed E-state index contributed by atoms with van der Waals surface area (Å²) in [5.74, 6) is -4.18. The summed E-state index contributed by atoms with van der Waals surface area (Å²) in [7, 11) is 0. The minimum Gasteiger partial charge on any atom is -0.478 e. The summed E-state index contributed by atoms with van der Waals surface area (Å²) in [4.78, 5) is 27.5. The molecule has 0 radical (unpaired) electrons. The molecule has 0 bridgehead atoms. The van der Waals surface area contributed by atoms with Gasteiger partial charge >= 0.3 is 12.1 Å². The van der Waals surface area contributed by atoms with Crippen molar-refractivity contribution in [1.82, 2.24) is 14.7 Å². The zero-order valence-corrected chi connectivity index (χ0v) is 21.7. The molecule has 3 aromatic rings. The molecule has 8 nitrogen and oxygen atoms in total. The Morgan fingerprint density at radius 3 is 2.36 bits per heavy atom. The Hall–Kier alpha value is -3.86. The van der Waals surface area contributed by atoms with Crippen molar-refractivity contribution in [3.63, 3.8) is 0 Å². The highest BCUT2D eigenvalue weighted by atomic mass is 19.2. The van der Waals surface area contributed by atoms with Crippen LogP contribution in [0, 0.1) is 17.5 Å². The summed E-state index contributed by atoms with van der Waals surface area (Å²) in [6, 6.07) is 7.61. The fraction of sp³-hybridized carbons (Fsp3) is 0.393. The molecule has 1 aromatic heterocycles. The fourth-order valence-corrected chi connectivity index (χ4v) is 5.12. The Morgan fingerprint density at radius 2 is 1.72 bits per heavy atom. The molecule has 2 aliphatic rings. The van der Waals surface area contributed by atoms with E-state index >= 15 is 0 Å². The SMILES string of the molecule is CC(C)n1cc(CN2CCC3(CC2)CN(c2ccc(C(=O)O)cc2)C(=O)O3)c(Cc2cc(F)c(F)cc2F)n1. The first-order valence-electron chi connectivity index (χ1n) is 12.8. The van der Waals surface area contributed by atoms with Crippen molar-refractivity contribution in [3.05, 3.63) is 82.4 Å². The van der Waals surface area contributed by atoms with Crippen LogP contribution < -0.4 is 4.90 Å². The van der Waals surface area contributed by atoms with E-state index in [1.54, 1.807) is 16.8 Å². The van der Waals surface area contributed by atoms with Gasteiger partial charge in [0.25, 0.3) is 0 Å². The van der Waals surface area contributed by atoms with Gasteiger partial charge in [-0.25, -0.2) is 22.8 Å². The van der Waals surface area contributed by atoms with Gasteiger partial charge in [0.15, 0.2) is 11.6 Å². The average Bonchev–Trinajstić information content (AvgIpc) is 3.44. The number of hydrogen-bond acceptors (Lipinski definition) is 5. The van der Waals surface area contributed by atoms with Crippen molar-refractivity contribution in [2.45, 2.75) is 51.3 Å². The lowest BCUT2D eigenvalue weighted by molar-refractivity contribution is -0.00102. The fourth-order valence-electron chi connectivity index (χ4n) is 5.12. The highest BCUT2D eigenvalue weighted by molar-refractivity contribution is 5.92. The summed E-state index contributed by atoms with van der Waals surface area (Å²) in [5, 5.41) is 13.7. The van der Waals surface area contributed by atoms with Gasteiger partial charge in [-0.3, -0.25) is 14.5 Å². The molecule has 1 spiro atoms. The van der Waals surface area contributed by atoms with Gasteiger partial charge in [-0.15, -0.1) is 0 Å². The highest BCUT2D eigenvalue weighted by Crippen LogP contribution is 2.36.